The van der Waals surface area contributed by atoms with Crippen molar-refractivity contribution < 1.29 is 14.3 Å². The Morgan fingerprint density at radius 3 is 2.59 bits per heavy atom. The molecule has 2 rings (SSSR count). The Morgan fingerprint density at radius 2 is 2.05 bits per heavy atom. The average Bonchev–Trinajstić information content (AvgIpc) is 2.75. The fourth-order valence-corrected chi connectivity index (χ4v) is 2.88. The highest BCUT2D eigenvalue weighted by Gasteiger charge is 2.32. The number of benzene rings is 1. The Bertz CT molecular complexity index is 627. The number of ether oxygens (including phenoxy) is 1. The van der Waals surface area contributed by atoms with Gasteiger partial charge in [-0.25, -0.2) is 4.79 Å². The van der Waals surface area contributed by atoms with Crippen molar-refractivity contribution in [3.05, 3.63) is 54.1 Å². The Morgan fingerprint density at radius 1 is 1.41 bits per heavy atom. The molecule has 22 heavy (non-hydrogen) atoms. The van der Waals surface area contributed by atoms with Gasteiger partial charge in [-0.05, 0) is 36.0 Å². The zero-order valence-corrected chi connectivity index (χ0v) is 12.7. The molecule has 0 bridgehead atoms. The zero-order chi connectivity index (χ0) is 16.3. The normalized spacial score (nSPS) is 13.2. The highest BCUT2D eigenvalue weighted by molar-refractivity contribution is 6.01. The molecule has 0 aliphatic carbocycles. The molecular weight excluding hydrogens is 280 g/mol. The number of hydrogen-bond acceptors (Lipinski definition) is 3. The van der Waals surface area contributed by atoms with Crippen molar-refractivity contribution >= 4 is 12.0 Å². The fraction of sp³-hybridized carbons (Fsp3) is 0.294. The molecule has 0 aromatic heterocycles. The topological polar surface area (TPSA) is 72.6 Å². The summed E-state index contributed by atoms with van der Waals surface area (Å²) in [4.78, 5) is 25.0. The lowest BCUT2D eigenvalue weighted by Gasteiger charge is -2.18. The second-order valence-corrected chi connectivity index (χ2v) is 5.33. The molecular formula is C17H20N2O3. The molecule has 0 spiro atoms. The van der Waals surface area contributed by atoms with E-state index in [9.17, 15) is 9.59 Å². The minimum absolute atomic E-state index is 0.163. The van der Waals surface area contributed by atoms with Crippen LogP contribution < -0.4 is 10.5 Å². The molecule has 1 aromatic carbocycles. The van der Waals surface area contributed by atoms with Crippen LogP contribution in [0.5, 0.6) is 5.75 Å². The van der Waals surface area contributed by atoms with Gasteiger partial charge in [-0.2, -0.15) is 0 Å². The van der Waals surface area contributed by atoms with E-state index in [4.69, 9.17) is 10.5 Å². The Balaban J connectivity index is 2.54. The second-order valence-electron chi connectivity index (χ2n) is 5.33. The lowest BCUT2D eigenvalue weighted by atomic mass is 9.87. The molecule has 0 unspecified atom stereocenters. The summed E-state index contributed by atoms with van der Waals surface area (Å²) in [5.41, 5.74) is 7.46. The van der Waals surface area contributed by atoms with Crippen LogP contribution in [0, 0.1) is 0 Å². The van der Waals surface area contributed by atoms with E-state index in [1.54, 1.807) is 18.0 Å². The predicted octanol–water partition coefficient (Wildman–Crippen LogP) is 2.97. The number of nitrogens with zero attached hydrogens (tertiary/aromatic N) is 1. The number of amides is 2. The van der Waals surface area contributed by atoms with E-state index in [-0.39, 0.29) is 17.6 Å². The quantitative estimate of drug-likeness (QED) is 0.821. The summed E-state index contributed by atoms with van der Waals surface area (Å²) in [6, 6.07) is 3.52. The summed E-state index contributed by atoms with van der Waals surface area (Å²) in [6.45, 7) is 8.07. The Kier molecular flexibility index (Phi) is 4.65. The predicted molar refractivity (Wildman–Crippen MR) is 84.8 cm³/mol. The monoisotopic (exact) mass is 300 g/mol. The molecule has 1 aromatic rings. The van der Waals surface area contributed by atoms with Crippen molar-refractivity contribution in [3.8, 4) is 5.75 Å². The minimum Gasteiger partial charge on any atom is -0.410 e. The lowest BCUT2D eigenvalue weighted by Crippen LogP contribution is -2.20. The van der Waals surface area contributed by atoms with Gasteiger partial charge in [0.05, 0.1) is 5.56 Å². The first kappa shape index (κ1) is 15.8. The second kappa shape index (κ2) is 6.47. The SMILES string of the molecule is C=CCC(CC=C)c1ccc(OC(N)=O)c2c1CN(C)C2=O. The number of hydrogen-bond donors (Lipinski definition) is 1. The van der Waals surface area contributed by atoms with E-state index in [0.29, 0.717) is 12.1 Å². The number of rotatable bonds is 6. The van der Waals surface area contributed by atoms with E-state index in [1.165, 1.54) is 0 Å². The summed E-state index contributed by atoms with van der Waals surface area (Å²) < 4.78 is 4.98. The molecule has 1 aliphatic heterocycles. The zero-order valence-electron chi connectivity index (χ0n) is 12.7. The maximum atomic E-state index is 12.3. The highest BCUT2D eigenvalue weighted by atomic mass is 16.5. The number of allylic oxidation sites excluding steroid dienone is 2. The van der Waals surface area contributed by atoms with Crippen LogP contribution in [0.25, 0.3) is 0 Å². The maximum Gasteiger partial charge on any atom is 0.409 e. The standard InChI is InChI=1S/C17H20N2O3/c1-4-6-11(7-5-2)12-8-9-14(22-17(18)21)15-13(12)10-19(3)16(15)20/h4-5,8-9,11H,1-2,6-7,10H2,3H3,(H2,18,21). The van der Waals surface area contributed by atoms with Crippen molar-refractivity contribution in [1.29, 1.82) is 0 Å². The van der Waals surface area contributed by atoms with Crippen molar-refractivity contribution in [2.24, 2.45) is 5.73 Å². The van der Waals surface area contributed by atoms with Gasteiger partial charge in [0, 0.05) is 13.6 Å². The minimum atomic E-state index is -0.925. The average molecular weight is 300 g/mol. The summed E-state index contributed by atoms with van der Waals surface area (Å²) >= 11 is 0. The molecule has 0 atom stereocenters. The van der Waals surface area contributed by atoms with Crippen molar-refractivity contribution in [2.45, 2.75) is 25.3 Å². The highest BCUT2D eigenvalue weighted by Crippen LogP contribution is 2.38. The first-order valence-electron chi connectivity index (χ1n) is 7.09. The first-order chi connectivity index (χ1) is 10.5. The first-order valence-corrected chi connectivity index (χ1v) is 7.09. The molecule has 116 valence electrons. The van der Waals surface area contributed by atoms with E-state index in [2.05, 4.69) is 13.2 Å². The molecule has 0 fully saturated rings. The van der Waals surface area contributed by atoms with Crippen LogP contribution in [-0.2, 0) is 6.54 Å². The molecule has 1 aliphatic rings. The third-order valence-corrected chi connectivity index (χ3v) is 3.82. The van der Waals surface area contributed by atoms with Gasteiger partial charge in [-0.3, -0.25) is 4.79 Å². The Hall–Kier alpha value is -2.56. The van der Waals surface area contributed by atoms with E-state index >= 15 is 0 Å². The largest absolute Gasteiger partial charge is 0.410 e. The molecule has 1 heterocycles. The van der Waals surface area contributed by atoms with Crippen LogP contribution in [0.2, 0.25) is 0 Å². The summed E-state index contributed by atoms with van der Waals surface area (Å²) in [7, 11) is 1.72. The van der Waals surface area contributed by atoms with Gasteiger partial charge in [-0.1, -0.05) is 18.2 Å². The maximum absolute atomic E-state index is 12.3. The third-order valence-electron chi connectivity index (χ3n) is 3.82. The number of nitrogens with two attached hydrogens (primary N) is 1. The van der Waals surface area contributed by atoms with Crippen LogP contribution in [0.3, 0.4) is 0 Å². The number of carbonyl (C=O) groups is 2. The van der Waals surface area contributed by atoms with Crippen LogP contribution in [-0.4, -0.2) is 23.9 Å². The fourth-order valence-electron chi connectivity index (χ4n) is 2.88. The van der Waals surface area contributed by atoms with Crippen LogP contribution in [0.1, 0.15) is 40.2 Å². The molecule has 2 amide bonds. The van der Waals surface area contributed by atoms with Crippen molar-refractivity contribution in [3.63, 3.8) is 0 Å². The number of carbonyl (C=O) groups excluding carboxylic acids is 2. The summed E-state index contributed by atoms with van der Waals surface area (Å²) in [5, 5.41) is 0. The van der Waals surface area contributed by atoms with Gasteiger partial charge in [-0.15, -0.1) is 13.2 Å². The van der Waals surface area contributed by atoms with E-state index in [1.807, 2.05) is 18.2 Å². The molecule has 2 N–H and O–H groups in total. The van der Waals surface area contributed by atoms with Crippen LogP contribution >= 0.6 is 0 Å². The molecule has 5 heteroatoms. The van der Waals surface area contributed by atoms with Crippen LogP contribution in [0.15, 0.2) is 37.4 Å². The van der Waals surface area contributed by atoms with Gasteiger partial charge in [0.15, 0.2) is 0 Å². The molecule has 0 radical (unpaired) electrons. The van der Waals surface area contributed by atoms with Gasteiger partial charge in [0.25, 0.3) is 5.91 Å². The molecule has 0 saturated heterocycles. The lowest BCUT2D eigenvalue weighted by molar-refractivity contribution is 0.0814. The van der Waals surface area contributed by atoms with Crippen LogP contribution in [0.4, 0.5) is 4.79 Å². The van der Waals surface area contributed by atoms with Gasteiger partial charge in [0.2, 0.25) is 0 Å². The van der Waals surface area contributed by atoms with Crippen molar-refractivity contribution in [2.75, 3.05) is 7.05 Å². The molecule has 0 saturated carbocycles. The van der Waals surface area contributed by atoms with E-state index in [0.717, 1.165) is 24.0 Å². The van der Waals surface area contributed by atoms with Gasteiger partial charge < -0.3 is 15.4 Å². The summed E-state index contributed by atoms with van der Waals surface area (Å²) in [5.74, 6) is 0.256. The van der Waals surface area contributed by atoms with Crippen molar-refractivity contribution in [1.82, 2.24) is 4.90 Å². The third kappa shape index (κ3) is 2.88. The van der Waals surface area contributed by atoms with Gasteiger partial charge in [0.1, 0.15) is 5.75 Å². The Labute approximate surface area is 130 Å². The number of fused-ring (bicyclic) bond motifs is 1. The van der Waals surface area contributed by atoms with Gasteiger partial charge >= 0.3 is 6.09 Å². The smallest absolute Gasteiger partial charge is 0.409 e. The molecule has 5 nitrogen and oxygen atoms in total. The summed E-state index contributed by atoms with van der Waals surface area (Å²) in [6.07, 6.45) is 4.36. The van der Waals surface area contributed by atoms with E-state index < -0.39 is 6.09 Å². The number of primary amides is 1.